The highest BCUT2D eigenvalue weighted by Crippen LogP contribution is 2.21. The second-order valence-electron chi connectivity index (χ2n) is 4.11. The second kappa shape index (κ2) is 6.42. The first kappa shape index (κ1) is 14.4. The lowest BCUT2D eigenvalue weighted by Gasteiger charge is -2.11. The molecule has 7 heteroatoms. The number of anilines is 1. The van der Waals surface area contributed by atoms with Crippen molar-refractivity contribution >= 4 is 5.95 Å². The zero-order chi connectivity index (χ0) is 14.5. The van der Waals surface area contributed by atoms with Crippen LogP contribution in [-0.2, 0) is 4.74 Å². The Labute approximate surface area is 114 Å². The predicted octanol–water partition coefficient (Wildman–Crippen LogP) is 2.74. The molecular weight excluding hydrogens is 271 g/mol. The molecule has 0 aliphatic rings. The minimum absolute atomic E-state index is 0.228. The van der Waals surface area contributed by atoms with E-state index >= 15 is 0 Å². The molecule has 0 atom stereocenters. The van der Waals surface area contributed by atoms with Gasteiger partial charge in [-0.2, -0.15) is 0 Å². The molecule has 0 bridgehead atoms. The van der Waals surface area contributed by atoms with Crippen LogP contribution in [0.15, 0.2) is 24.5 Å². The Kier molecular flexibility index (Phi) is 4.62. The molecule has 0 spiro atoms. The zero-order valence-electron chi connectivity index (χ0n) is 10.9. The van der Waals surface area contributed by atoms with E-state index in [1.807, 2.05) is 0 Å². The molecule has 0 aliphatic carbocycles. The lowest BCUT2D eigenvalue weighted by Crippen LogP contribution is -2.10. The van der Waals surface area contributed by atoms with Gasteiger partial charge in [0.1, 0.15) is 5.82 Å². The van der Waals surface area contributed by atoms with Gasteiger partial charge in [0, 0.05) is 44.8 Å². The number of methoxy groups -OCH3 is 1. The fraction of sp³-hybridized carbons (Fsp3) is 0.308. The molecule has 2 rings (SSSR count). The van der Waals surface area contributed by atoms with Gasteiger partial charge in [-0.1, -0.05) is 0 Å². The molecule has 1 N–H and O–H groups in total. The highest BCUT2D eigenvalue weighted by molar-refractivity contribution is 5.43. The summed E-state index contributed by atoms with van der Waals surface area (Å²) in [5.74, 6) is -2.90. The van der Waals surface area contributed by atoms with Crippen molar-refractivity contribution in [2.45, 2.75) is 6.42 Å². The third-order valence-electron chi connectivity index (χ3n) is 2.68. The molecule has 1 heterocycles. The molecule has 1 aromatic heterocycles. The molecule has 0 saturated heterocycles. The number of aromatic nitrogens is 2. The fourth-order valence-electron chi connectivity index (χ4n) is 1.76. The van der Waals surface area contributed by atoms with Crippen molar-refractivity contribution in [3.8, 4) is 5.69 Å². The summed E-state index contributed by atoms with van der Waals surface area (Å²) in [6.07, 6.45) is 3.57. The molecule has 2 aromatic rings. The van der Waals surface area contributed by atoms with E-state index < -0.39 is 17.5 Å². The summed E-state index contributed by atoms with van der Waals surface area (Å²) in [6, 6.07) is 1.42. The lowest BCUT2D eigenvalue weighted by atomic mass is 10.3. The van der Waals surface area contributed by atoms with Crippen molar-refractivity contribution in [1.82, 2.24) is 9.55 Å². The number of rotatable bonds is 6. The Bertz CT molecular complexity index is 586. The third kappa shape index (κ3) is 3.11. The minimum Gasteiger partial charge on any atom is -0.385 e. The summed E-state index contributed by atoms with van der Waals surface area (Å²) in [5, 5.41) is 2.95. The maximum Gasteiger partial charge on any atom is 0.207 e. The highest BCUT2D eigenvalue weighted by atomic mass is 19.2. The molecule has 108 valence electrons. The largest absolute Gasteiger partial charge is 0.385 e. The molecular formula is C13H14F3N3O. The van der Waals surface area contributed by atoms with E-state index in [2.05, 4.69) is 10.3 Å². The first-order valence-corrected chi connectivity index (χ1v) is 6.04. The average Bonchev–Trinajstić information content (AvgIpc) is 2.87. The third-order valence-corrected chi connectivity index (χ3v) is 2.68. The van der Waals surface area contributed by atoms with Crippen LogP contribution >= 0.6 is 0 Å². The molecule has 0 unspecified atom stereocenters. The molecule has 0 radical (unpaired) electrons. The molecule has 1 aromatic carbocycles. The number of hydrogen-bond acceptors (Lipinski definition) is 3. The van der Waals surface area contributed by atoms with Gasteiger partial charge in [0.25, 0.3) is 0 Å². The summed E-state index contributed by atoms with van der Waals surface area (Å²) in [6.45, 7) is 1.11. The van der Waals surface area contributed by atoms with Crippen molar-refractivity contribution in [3.63, 3.8) is 0 Å². The maximum absolute atomic E-state index is 13.7. The maximum atomic E-state index is 13.7. The Morgan fingerprint density at radius 2 is 2.10 bits per heavy atom. The Morgan fingerprint density at radius 1 is 1.30 bits per heavy atom. The smallest absolute Gasteiger partial charge is 0.207 e. The summed E-state index contributed by atoms with van der Waals surface area (Å²) in [7, 11) is 1.59. The van der Waals surface area contributed by atoms with E-state index in [1.165, 1.54) is 17.0 Å². The van der Waals surface area contributed by atoms with Crippen molar-refractivity contribution in [2.75, 3.05) is 25.6 Å². The van der Waals surface area contributed by atoms with Crippen LogP contribution in [0.3, 0.4) is 0 Å². The van der Waals surface area contributed by atoms with Gasteiger partial charge in [0.15, 0.2) is 11.6 Å². The van der Waals surface area contributed by atoms with Crippen LogP contribution in [0, 0.1) is 17.5 Å². The number of imidazole rings is 1. The summed E-state index contributed by atoms with van der Waals surface area (Å²) in [4.78, 5) is 3.99. The fourth-order valence-corrected chi connectivity index (χ4v) is 1.76. The van der Waals surface area contributed by atoms with E-state index in [-0.39, 0.29) is 5.69 Å². The number of nitrogens with zero attached hydrogens (tertiary/aromatic N) is 2. The SMILES string of the molecule is COCCCNc1nccn1-c1cc(F)cc(F)c1F. The number of ether oxygens (including phenoxy) is 1. The standard InChI is InChI=1S/C13H14F3N3O/c1-20-6-2-3-17-13-18-4-5-19(13)11-8-9(14)7-10(15)12(11)16/h4-5,7-8H,2-3,6H2,1H3,(H,17,18). The molecule has 0 saturated carbocycles. The van der Waals surface area contributed by atoms with Crippen LogP contribution in [-0.4, -0.2) is 29.8 Å². The number of benzene rings is 1. The van der Waals surface area contributed by atoms with Gasteiger partial charge in [-0.15, -0.1) is 0 Å². The normalized spacial score (nSPS) is 10.8. The van der Waals surface area contributed by atoms with E-state index in [9.17, 15) is 13.2 Å². The van der Waals surface area contributed by atoms with E-state index in [0.717, 1.165) is 12.5 Å². The quantitative estimate of drug-likeness (QED) is 0.655. The molecule has 20 heavy (non-hydrogen) atoms. The van der Waals surface area contributed by atoms with Gasteiger partial charge < -0.3 is 10.1 Å². The van der Waals surface area contributed by atoms with Gasteiger partial charge in [-0.25, -0.2) is 18.2 Å². The van der Waals surface area contributed by atoms with Crippen molar-refractivity contribution < 1.29 is 17.9 Å². The topological polar surface area (TPSA) is 39.1 Å². The zero-order valence-corrected chi connectivity index (χ0v) is 10.9. The van der Waals surface area contributed by atoms with Gasteiger partial charge in [0.05, 0.1) is 5.69 Å². The van der Waals surface area contributed by atoms with E-state index in [1.54, 1.807) is 7.11 Å². The van der Waals surface area contributed by atoms with E-state index in [0.29, 0.717) is 25.2 Å². The van der Waals surface area contributed by atoms with Gasteiger partial charge >= 0.3 is 0 Å². The first-order chi connectivity index (χ1) is 9.63. The highest BCUT2D eigenvalue weighted by Gasteiger charge is 2.15. The average molecular weight is 285 g/mol. The Balaban J connectivity index is 2.23. The first-order valence-electron chi connectivity index (χ1n) is 6.04. The number of hydrogen-bond donors (Lipinski definition) is 1. The van der Waals surface area contributed by atoms with Crippen LogP contribution in [0.2, 0.25) is 0 Å². The summed E-state index contributed by atoms with van der Waals surface area (Å²) < 4.78 is 46.3. The Hall–Kier alpha value is -2.02. The van der Waals surface area contributed by atoms with Crippen molar-refractivity contribution in [3.05, 3.63) is 42.0 Å². The monoisotopic (exact) mass is 285 g/mol. The molecule has 0 amide bonds. The van der Waals surface area contributed by atoms with Crippen LogP contribution in [0.5, 0.6) is 0 Å². The molecule has 0 fully saturated rings. The second-order valence-corrected chi connectivity index (χ2v) is 4.11. The van der Waals surface area contributed by atoms with Crippen molar-refractivity contribution in [2.24, 2.45) is 0 Å². The summed E-state index contributed by atoms with van der Waals surface area (Å²) >= 11 is 0. The van der Waals surface area contributed by atoms with Crippen LogP contribution < -0.4 is 5.32 Å². The predicted molar refractivity (Wildman–Crippen MR) is 68.4 cm³/mol. The van der Waals surface area contributed by atoms with E-state index in [4.69, 9.17) is 4.74 Å². The minimum atomic E-state index is -1.24. The number of halogens is 3. The molecule has 0 aliphatic heterocycles. The Morgan fingerprint density at radius 3 is 2.85 bits per heavy atom. The number of nitrogens with one attached hydrogen (secondary N) is 1. The van der Waals surface area contributed by atoms with Gasteiger partial charge in [-0.05, 0) is 6.42 Å². The van der Waals surface area contributed by atoms with Crippen LogP contribution in [0.4, 0.5) is 19.1 Å². The van der Waals surface area contributed by atoms with Gasteiger partial charge in [-0.3, -0.25) is 4.57 Å². The van der Waals surface area contributed by atoms with Crippen LogP contribution in [0.25, 0.3) is 5.69 Å². The summed E-state index contributed by atoms with van der Waals surface area (Å²) in [5.41, 5.74) is -0.228. The van der Waals surface area contributed by atoms with Crippen LogP contribution in [0.1, 0.15) is 6.42 Å². The lowest BCUT2D eigenvalue weighted by molar-refractivity contribution is 0.197. The van der Waals surface area contributed by atoms with Gasteiger partial charge in [0.2, 0.25) is 5.95 Å². The van der Waals surface area contributed by atoms with Crippen molar-refractivity contribution in [1.29, 1.82) is 0 Å². The molecule has 4 nitrogen and oxygen atoms in total.